The third kappa shape index (κ3) is 4.03. The van der Waals surface area contributed by atoms with Crippen molar-refractivity contribution in [2.45, 2.75) is 57.8 Å². The number of carbonyl (C=O) groups is 3. The molecule has 7 heteroatoms. The quantitative estimate of drug-likeness (QED) is 0.712. The Bertz CT molecular complexity index is 1010. The highest BCUT2D eigenvalue weighted by Gasteiger charge is 2.47. The van der Waals surface area contributed by atoms with Gasteiger partial charge in [0.25, 0.3) is 0 Å². The van der Waals surface area contributed by atoms with E-state index in [1.54, 1.807) is 0 Å². The van der Waals surface area contributed by atoms with E-state index in [4.69, 9.17) is 0 Å². The second-order valence-corrected chi connectivity index (χ2v) is 9.71. The van der Waals surface area contributed by atoms with Gasteiger partial charge in [-0.25, -0.2) is 4.98 Å². The van der Waals surface area contributed by atoms with Crippen molar-refractivity contribution in [1.29, 1.82) is 0 Å². The van der Waals surface area contributed by atoms with Crippen LogP contribution in [0.2, 0.25) is 0 Å². The summed E-state index contributed by atoms with van der Waals surface area (Å²) in [5.74, 6) is -0.732. The van der Waals surface area contributed by atoms with Gasteiger partial charge in [0.15, 0.2) is 5.13 Å². The average molecular weight is 438 g/mol. The summed E-state index contributed by atoms with van der Waals surface area (Å²) >= 11 is 1.40. The maximum Gasteiger partial charge on any atom is 0.233 e. The number of rotatable bonds is 5. The number of nitrogens with zero attached hydrogens (tertiary/aromatic N) is 2. The molecule has 2 fully saturated rings. The van der Waals surface area contributed by atoms with E-state index in [1.165, 1.54) is 40.2 Å². The molecule has 2 atom stereocenters. The summed E-state index contributed by atoms with van der Waals surface area (Å²) in [5.41, 5.74) is 4.78. The Morgan fingerprint density at radius 2 is 1.74 bits per heavy atom. The maximum absolute atomic E-state index is 12.5. The van der Waals surface area contributed by atoms with Gasteiger partial charge in [0.2, 0.25) is 17.7 Å². The van der Waals surface area contributed by atoms with Crippen LogP contribution >= 0.6 is 11.3 Å². The van der Waals surface area contributed by atoms with Crippen LogP contribution in [-0.4, -0.2) is 34.2 Å². The molecular weight excluding hydrogens is 410 g/mol. The van der Waals surface area contributed by atoms with Crippen molar-refractivity contribution in [2.24, 2.45) is 11.8 Å². The number of likely N-dealkylation sites (tertiary alicyclic amines) is 1. The van der Waals surface area contributed by atoms with Gasteiger partial charge in [-0.1, -0.05) is 25.0 Å². The number of carbonyl (C=O) groups excluding carboxylic acids is 3. The zero-order valence-electron chi connectivity index (χ0n) is 17.6. The Morgan fingerprint density at radius 1 is 1.03 bits per heavy atom. The van der Waals surface area contributed by atoms with E-state index < -0.39 is 0 Å². The third-order valence-electron chi connectivity index (χ3n) is 6.89. The predicted molar refractivity (Wildman–Crippen MR) is 120 cm³/mol. The molecule has 1 saturated heterocycles. The summed E-state index contributed by atoms with van der Waals surface area (Å²) in [4.78, 5) is 43.4. The van der Waals surface area contributed by atoms with E-state index in [0.717, 1.165) is 49.8 Å². The van der Waals surface area contributed by atoms with Crippen LogP contribution in [0.3, 0.4) is 0 Å². The molecule has 5 rings (SSSR count). The summed E-state index contributed by atoms with van der Waals surface area (Å²) in [6.07, 6.45) is 8.46. The first kappa shape index (κ1) is 20.4. The van der Waals surface area contributed by atoms with Gasteiger partial charge in [-0.15, -0.1) is 11.3 Å². The predicted octanol–water partition coefficient (Wildman–Crippen LogP) is 4.19. The van der Waals surface area contributed by atoms with E-state index in [0.29, 0.717) is 5.13 Å². The number of fused-ring (bicyclic) bond motifs is 2. The van der Waals surface area contributed by atoms with Crippen molar-refractivity contribution >= 4 is 34.2 Å². The smallest absolute Gasteiger partial charge is 0.233 e. The van der Waals surface area contributed by atoms with E-state index in [2.05, 4.69) is 28.5 Å². The molecule has 3 amide bonds. The Hall–Kier alpha value is -2.54. The maximum atomic E-state index is 12.5. The van der Waals surface area contributed by atoms with Crippen LogP contribution in [0.15, 0.2) is 23.6 Å². The van der Waals surface area contributed by atoms with E-state index in [1.807, 2.05) is 5.38 Å². The molecule has 0 bridgehead atoms. The van der Waals surface area contributed by atoms with Gasteiger partial charge in [-0.05, 0) is 55.7 Å². The monoisotopic (exact) mass is 437 g/mol. The fourth-order valence-corrected chi connectivity index (χ4v) is 5.94. The minimum Gasteiger partial charge on any atom is -0.302 e. The zero-order valence-corrected chi connectivity index (χ0v) is 18.4. The fourth-order valence-electron chi connectivity index (χ4n) is 5.20. The van der Waals surface area contributed by atoms with Crippen LogP contribution in [0.5, 0.6) is 0 Å². The summed E-state index contributed by atoms with van der Waals surface area (Å²) < 4.78 is 0. The summed E-state index contributed by atoms with van der Waals surface area (Å²) in [6, 6.07) is 6.52. The molecule has 1 saturated carbocycles. The van der Waals surface area contributed by atoms with Gasteiger partial charge < -0.3 is 5.32 Å². The number of aryl methyl sites for hydroxylation is 2. The minimum atomic E-state index is -0.221. The largest absolute Gasteiger partial charge is 0.302 e. The average Bonchev–Trinajstić information content (AvgIpc) is 3.35. The molecule has 162 valence electrons. The van der Waals surface area contributed by atoms with Gasteiger partial charge in [0.1, 0.15) is 0 Å². The molecule has 2 unspecified atom stereocenters. The van der Waals surface area contributed by atoms with Crippen LogP contribution in [0.1, 0.15) is 56.1 Å². The molecule has 1 aliphatic heterocycles. The molecule has 2 aliphatic carbocycles. The lowest BCUT2D eigenvalue weighted by Crippen LogP contribution is -2.34. The molecule has 0 spiro atoms. The summed E-state index contributed by atoms with van der Waals surface area (Å²) in [5, 5.41) is 5.33. The van der Waals surface area contributed by atoms with Crippen LogP contribution in [0.25, 0.3) is 11.3 Å². The molecule has 1 aromatic heterocycles. The highest BCUT2D eigenvalue weighted by molar-refractivity contribution is 7.14. The van der Waals surface area contributed by atoms with Crippen molar-refractivity contribution in [1.82, 2.24) is 9.88 Å². The molecular formula is C24H27N3O3S. The topological polar surface area (TPSA) is 79.4 Å². The Morgan fingerprint density at radius 3 is 2.48 bits per heavy atom. The minimum absolute atomic E-state index is 0.0913. The van der Waals surface area contributed by atoms with Crippen LogP contribution in [0.4, 0.5) is 5.13 Å². The molecule has 2 aromatic rings. The first-order chi connectivity index (χ1) is 15.1. The molecule has 1 N–H and O–H groups in total. The number of aromatic nitrogens is 1. The summed E-state index contributed by atoms with van der Waals surface area (Å²) in [6.45, 7) is 0.152. The van der Waals surface area contributed by atoms with Gasteiger partial charge in [-0.2, -0.15) is 0 Å². The molecule has 1 aromatic carbocycles. The standard InChI is InChI=1S/C24H27N3O3S/c28-21(11-12-27-22(29)18-7-3-4-8-19(18)23(27)30)26-24-25-20(14-31-24)17-10-9-15-5-1-2-6-16(15)13-17/h9-10,13-14,18-19H,1-8,11-12H2,(H,25,26,28). The lowest BCUT2D eigenvalue weighted by atomic mass is 9.81. The number of imide groups is 1. The van der Waals surface area contributed by atoms with E-state index in [-0.39, 0.29) is 42.5 Å². The number of hydrogen-bond donors (Lipinski definition) is 1. The van der Waals surface area contributed by atoms with Crippen molar-refractivity contribution < 1.29 is 14.4 Å². The number of anilines is 1. The van der Waals surface area contributed by atoms with Crippen LogP contribution < -0.4 is 5.32 Å². The van der Waals surface area contributed by atoms with Gasteiger partial charge in [0, 0.05) is 23.9 Å². The Kier molecular flexibility index (Phi) is 5.61. The van der Waals surface area contributed by atoms with Crippen LogP contribution in [0, 0.1) is 11.8 Å². The van der Waals surface area contributed by atoms with Gasteiger partial charge >= 0.3 is 0 Å². The van der Waals surface area contributed by atoms with Crippen molar-refractivity contribution in [2.75, 3.05) is 11.9 Å². The fraction of sp³-hybridized carbons (Fsp3) is 0.500. The molecule has 6 nitrogen and oxygen atoms in total. The first-order valence-corrected chi connectivity index (χ1v) is 12.2. The Labute approximate surface area is 186 Å². The van der Waals surface area contributed by atoms with E-state index in [9.17, 15) is 14.4 Å². The molecule has 31 heavy (non-hydrogen) atoms. The SMILES string of the molecule is O=C(CCN1C(=O)C2CCCCC2C1=O)Nc1nc(-c2ccc3c(c2)CCCC3)cs1. The highest BCUT2D eigenvalue weighted by atomic mass is 32.1. The van der Waals surface area contributed by atoms with Crippen molar-refractivity contribution in [3.05, 3.63) is 34.7 Å². The second-order valence-electron chi connectivity index (χ2n) is 8.85. The molecule has 2 heterocycles. The lowest BCUT2D eigenvalue weighted by molar-refractivity contribution is -0.140. The van der Waals surface area contributed by atoms with Crippen molar-refractivity contribution in [3.63, 3.8) is 0 Å². The number of hydrogen-bond acceptors (Lipinski definition) is 5. The van der Waals surface area contributed by atoms with Gasteiger partial charge in [0.05, 0.1) is 17.5 Å². The Balaban J connectivity index is 1.19. The van der Waals surface area contributed by atoms with E-state index >= 15 is 0 Å². The highest BCUT2D eigenvalue weighted by Crippen LogP contribution is 2.38. The lowest BCUT2D eigenvalue weighted by Gasteiger charge is -2.19. The molecule has 0 radical (unpaired) electrons. The third-order valence-corrected chi connectivity index (χ3v) is 7.65. The second kappa shape index (κ2) is 8.54. The number of amides is 3. The van der Waals surface area contributed by atoms with Crippen molar-refractivity contribution in [3.8, 4) is 11.3 Å². The normalized spacial score (nSPS) is 22.9. The number of thiazole rings is 1. The van der Waals surface area contributed by atoms with Gasteiger partial charge in [-0.3, -0.25) is 19.3 Å². The zero-order chi connectivity index (χ0) is 21.4. The number of benzene rings is 1. The molecule has 3 aliphatic rings. The summed E-state index contributed by atoms with van der Waals surface area (Å²) in [7, 11) is 0. The van der Waals surface area contributed by atoms with Crippen LogP contribution in [-0.2, 0) is 27.2 Å². The first-order valence-electron chi connectivity index (χ1n) is 11.3. The number of nitrogens with one attached hydrogen (secondary N) is 1.